The third-order valence-electron chi connectivity index (χ3n) is 0.958. The van der Waals surface area contributed by atoms with Crippen LogP contribution in [0, 0.1) is 5.92 Å². The average molecular weight is 206 g/mol. The Morgan fingerprint density at radius 3 is 2.62 bits per heavy atom. The van der Waals surface area contributed by atoms with Crippen molar-refractivity contribution in [1.29, 1.82) is 0 Å². The van der Waals surface area contributed by atoms with Crippen LogP contribution >= 0.6 is 12.2 Å². The van der Waals surface area contributed by atoms with E-state index in [9.17, 15) is 4.79 Å². The first kappa shape index (κ1) is 12.1. The van der Waals surface area contributed by atoms with Crippen LogP contribution in [0.1, 0.15) is 13.8 Å². The van der Waals surface area contributed by atoms with E-state index >= 15 is 0 Å². The molecule has 2 N–H and O–H groups in total. The van der Waals surface area contributed by atoms with Crippen molar-refractivity contribution < 1.29 is 14.4 Å². The summed E-state index contributed by atoms with van der Waals surface area (Å²) in [4.78, 5) is 15.4. The number of rotatable bonds is 3. The van der Waals surface area contributed by atoms with Crippen LogP contribution in [0.15, 0.2) is 0 Å². The molecule has 0 aromatic rings. The molecule has 0 aromatic heterocycles. The van der Waals surface area contributed by atoms with Gasteiger partial charge in [0.25, 0.3) is 0 Å². The third-order valence-corrected chi connectivity index (χ3v) is 1.14. The number of alkyl carbamates (subject to hydrolysis) is 1. The van der Waals surface area contributed by atoms with Gasteiger partial charge in [-0.2, -0.15) is 0 Å². The van der Waals surface area contributed by atoms with Gasteiger partial charge < -0.3 is 4.74 Å². The van der Waals surface area contributed by atoms with Crippen molar-refractivity contribution >= 4 is 23.4 Å². The molecule has 0 rings (SSSR count). The Morgan fingerprint density at radius 2 is 2.15 bits per heavy atom. The lowest BCUT2D eigenvalue weighted by molar-refractivity contribution is 0.128. The first-order chi connectivity index (χ1) is 6.06. The zero-order valence-corrected chi connectivity index (χ0v) is 8.73. The molecule has 0 fully saturated rings. The molecular formula is C7H14N2O3S. The molecule has 0 spiro atoms. The molecule has 5 nitrogen and oxygen atoms in total. The molecule has 0 bridgehead atoms. The van der Waals surface area contributed by atoms with Gasteiger partial charge in [-0.25, -0.2) is 10.3 Å². The molecule has 0 unspecified atom stereocenters. The standard InChI is InChI=1S/C7H14N2O3S/c1-5(2)4-12-7(10)8-6(13)9-11-3/h5H,4H2,1-3H3,(H2,8,9,10,13). The Labute approximate surface area is 82.7 Å². The fourth-order valence-corrected chi connectivity index (χ4v) is 0.656. The lowest BCUT2D eigenvalue weighted by Crippen LogP contribution is -2.39. The molecule has 1 amide bonds. The van der Waals surface area contributed by atoms with Gasteiger partial charge in [-0.05, 0) is 18.1 Å². The van der Waals surface area contributed by atoms with Gasteiger partial charge in [0.05, 0.1) is 13.7 Å². The molecule has 0 atom stereocenters. The normalized spacial score (nSPS) is 9.54. The molecule has 0 heterocycles. The van der Waals surface area contributed by atoms with Crippen LogP contribution < -0.4 is 10.8 Å². The van der Waals surface area contributed by atoms with Crippen LogP contribution in [0.4, 0.5) is 4.79 Å². The Hall–Kier alpha value is -0.880. The van der Waals surface area contributed by atoms with Gasteiger partial charge in [0.2, 0.25) is 0 Å². The Bertz CT molecular complexity index is 185. The number of nitrogens with one attached hydrogen (secondary N) is 2. The number of hydrogen-bond donors (Lipinski definition) is 2. The second-order valence-corrected chi connectivity index (χ2v) is 3.16. The number of hydroxylamine groups is 1. The van der Waals surface area contributed by atoms with E-state index in [-0.39, 0.29) is 5.11 Å². The SMILES string of the molecule is CONC(=S)NC(=O)OCC(C)C. The van der Waals surface area contributed by atoms with E-state index in [0.717, 1.165) is 0 Å². The first-order valence-electron chi connectivity index (χ1n) is 3.83. The van der Waals surface area contributed by atoms with Crippen molar-refractivity contribution in [2.75, 3.05) is 13.7 Å². The summed E-state index contributed by atoms with van der Waals surface area (Å²) in [7, 11) is 1.40. The van der Waals surface area contributed by atoms with Crippen LogP contribution in [0.2, 0.25) is 0 Å². The van der Waals surface area contributed by atoms with Gasteiger partial charge in [-0.1, -0.05) is 13.8 Å². The topological polar surface area (TPSA) is 59.6 Å². The van der Waals surface area contributed by atoms with Crippen molar-refractivity contribution in [1.82, 2.24) is 10.8 Å². The van der Waals surface area contributed by atoms with Crippen LogP contribution in [0.25, 0.3) is 0 Å². The predicted molar refractivity (Wildman–Crippen MR) is 52.1 cm³/mol. The minimum absolute atomic E-state index is 0.0799. The smallest absolute Gasteiger partial charge is 0.413 e. The summed E-state index contributed by atoms with van der Waals surface area (Å²) >= 11 is 4.66. The molecule has 6 heteroatoms. The van der Waals surface area contributed by atoms with Crippen molar-refractivity contribution in [3.63, 3.8) is 0 Å². The molecule has 0 saturated heterocycles. The van der Waals surface area contributed by atoms with E-state index in [0.29, 0.717) is 12.5 Å². The third kappa shape index (κ3) is 7.48. The van der Waals surface area contributed by atoms with E-state index in [1.807, 2.05) is 13.8 Å². The number of ether oxygens (including phenoxy) is 1. The Balaban J connectivity index is 3.56. The average Bonchev–Trinajstić information content (AvgIpc) is 2.01. The summed E-state index contributed by atoms with van der Waals surface area (Å²) in [6.07, 6.45) is -0.580. The van der Waals surface area contributed by atoms with Crippen molar-refractivity contribution in [2.24, 2.45) is 5.92 Å². The van der Waals surface area contributed by atoms with Gasteiger partial charge >= 0.3 is 6.09 Å². The highest BCUT2D eigenvalue weighted by Gasteiger charge is 2.05. The summed E-state index contributed by atoms with van der Waals surface area (Å²) in [6, 6.07) is 0. The molecule has 0 saturated carbocycles. The zero-order valence-electron chi connectivity index (χ0n) is 7.92. The Morgan fingerprint density at radius 1 is 1.54 bits per heavy atom. The minimum Gasteiger partial charge on any atom is -0.449 e. The highest BCUT2D eigenvalue weighted by atomic mass is 32.1. The number of hydrogen-bond acceptors (Lipinski definition) is 4. The van der Waals surface area contributed by atoms with Gasteiger partial charge in [0.1, 0.15) is 0 Å². The molecule has 0 aliphatic rings. The highest BCUT2D eigenvalue weighted by molar-refractivity contribution is 7.80. The zero-order chi connectivity index (χ0) is 10.3. The maximum atomic E-state index is 10.9. The van der Waals surface area contributed by atoms with Crippen LogP contribution in [-0.2, 0) is 9.57 Å². The van der Waals surface area contributed by atoms with Gasteiger partial charge in [0.15, 0.2) is 5.11 Å². The predicted octanol–water partition coefficient (Wildman–Crippen LogP) is 0.804. The molecule has 76 valence electrons. The van der Waals surface area contributed by atoms with Crippen LogP contribution in [0.3, 0.4) is 0 Å². The second-order valence-electron chi connectivity index (χ2n) is 2.75. The minimum atomic E-state index is -0.580. The summed E-state index contributed by atoms with van der Waals surface area (Å²) in [5.41, 5.74) is 2.28. The van der Waals surface area contributed by atoms with Gasteiger partial charge in [-0.3, -0.25) is 10.2 Å². The molecule has 0 aliphatic carbocycles. The maximum Gasteiger partial charge on any atom is 0.413 e. The monoisotopic (exact) mass is 206 g/mol. The summed E-state index contributed by atoms with van der Waals surface area (Å²) in [5.74, 6) is 0.301. The largest absolute Gasteiger partial charge is 0.449 e. The molecule has 0 aromatic carbocycles. The fraction of sp³-hybridized carbons (Fsp3) is 0.714. The number of amides is 1. The van der Waals surface area contributed by atoms with Crippen molar-refractivity contribution in [3.05, 3.63) is 0 Å². The maximum absolute atomic E-state index is 10.9. The fourth-order valence-electron chi connectivity index (χ4n) is 0.489. The van der Waals surface area contributed by atoms with E-state index in [2.05, 4.69) is 27.9 Å². The molecule has 0 radical (unpaired) electrons. The van der Waals surface area contributed by atoms with Crippen LogP contribution in [-0.4, -0.2) is 24.9 Å². The number of carbonyl (C=O) groups is 1. The van der Waals surface area contributed by atoms with E-state index in [1.165, 1.54) is 7.11 Å². The molecule has 0 aliphatic heterocycles. The second kappa shape index (κ2) is 6.62. The lowest BCUT2D eigenvalue weighted by Gasteiger charge is -2.09. The number of thiocarbonyl (C=S) groups is 1. The highest BCUT2D eigenvalue weighted by Crippen LogP contribution is 1.92. The van der Waals surface area contributed by atoms with Crippen molar-refractivity contribution in [3.8, 4) is 0 Å². The van der Waals surface area contributed by atoms with E-state index in [1.54, 1.807) is 0 Å². The van der Waals surface area contributed by atoms with Gasteiger partial charge in [-0.15, -0.1) is 0 Å². The van der Waals surface area contributed by atoms with Gasteiger partial charge in [0, 0.05) is 0 Å². The quantitative estimate of drug-likeness (QED) is 0.528. The van der Waals surface area contributed by atoms with E-state index < -0.39 is 6.09 Å². The molecule has 13 heavy (non-hydrogen) atoms. The summed E-state index contributed by atoms with van der Waals surface area (Å²) in [6.45, 7) is 4.25. The summed E-state index contributed by atoms with van der Waals surface area (Å²) < 4.78 is 4.79. The summed E-state index contributed by atoms with van der Waals surface area (Å²) in [5, 5.41) is 2.35. The number of carbonyl (C=O) groups excluding carboxylic acids is 1. The Kier molecular flexibility index (Phi) is 6.17. The first-order valence-corrected chi connectivity index (χ1v) is 4.23. The lowest BCUT2D eigenvalue weighted by atomic mass is 10.2. The van der Waals surface area contributed by atoms with Crippen molar-refractivity contribution in [2.45, 2.75) is 13.8 Å². The molecular weight excluding hydrogens is 192 g/mol. The van der Waals surface area contributed by atoms with Crippen LogP contribution in [0.5, 0.6) is 0 Å². The van der Waals surface area contributed by atoms with E-state index in [4.69, 9.17) is 4.74 Å².